The lowest BCUT2D eigenvalue weighted by atomic mass is 10.8. The van der Waals surface area contributed by atoms with Crippen molar-refractivity contribution in [3.05, 3.63) is 0 Å². The van der Waals surface area contributed by atoms with Gasteiger partial charge in [0.05, 0.1) is 0 Å². The van der Waals surface area contributed by atoms with Gasteiger partial charge >= 0.3 is 0 Å². The fraction of sp³-hybridized carbons (Fsp3) is 0.667. The standard InChI is InChI=1S/C3H8N4/c1-2-6-7-3-5-4/h6H,2,4H2,1H3. The molecule has 0 aromatic heterocycles. The summed E-state index contributed by atoms with van der Waals surface area (Å²) in [7, 11) is 0. The highest BCUT2D eigenvalue weighted by Crippen LogP contribution is 1.49. The number of nitrogens with two attached hydrogens (primary N) is 1. The summed E-state index contributed by atoms with van der Waals surface area (Å²) in [6, 6.07) is 2.17. The zero-order valence-corrected chi connectivity index (χ0v) is 4.18. The van der Waals surface area contributed by atoms with Crippen LogP contribution in [0.2, 0.25) is 0 Å². The molecule has 0 amide bonds. The van der Waals surface area contributed by atoms with Gasteiger partial charge < -0.3 is 11.3 Å². The highest BCUT2D eigenvalue weighted by atomic mass is 15.3. The summed E-state index contributed by atoms with van der Waals surface area (Å²) >= 11 is 0. The van der Waals surface area contributed by atoms with E-state index in [-0.39, 0.29) is 0 Å². The summed E-state index contributed by atoms with van der Waals surface area (Å²) in [6.07, 6.45) is 0. The third-order valence-electron chi connectivity index (χ3n) is 0.345. The lowest BCUT2D eigenvalue weighted by Crippen LogP contribution is -2.01. The van der Waals surface area contributed by atoms with E-state index in [1.807, 2.05) is 6.92 Å². The van der Waals surface area contributed by atoms with Crippen LogP contribution < -0.4 is 11.3 Å². The van der Waals surface area contributed by atoms with E-state index >= 15 is 0 Å². The molecular formula is C3H8N4. The van der Waals surface area contributed by atoms with Crippen LogP contribution in [0.5, 0.6) is 0 Å². The maximum atomic E-state index is 4.65. The number of nitrogens with zero attached hydrogens (tertiary/aromatic N) is 2. The molecule has 0 aliphatic rings. The van der Waals surface area contributed by atoms with Gasteiger partial charge in [-0.1, -0.05) is 0 Å². The smallest absolute Gasteiger partial charge is 0.138 e. The quantitative estimate of drug-likeness (QED) is 0.280. The van der Waals surface area contributed by atoms with Crippen LogP contribution in [0.1, 0.15) is 6.92 Å². The van der Waals surface area contributed by atoms with E-state index in [9.17, 15) is 0 Å². The first-order chi connectivity index (χ1) is 3.41. The molecule has 0 radical (unpaired) electrons. The molecule has 0 aromatic rings. The topological polar surface area (TPSA) is 62.8 Å². The number of nitrogens with one attached hydrogen (secondary N) is 1. The van der Waals surface area contributed by atoms with Gasteiger partial charge in [0.25, 0.3) is 0 Å². The predicted molar refractivity (Wildman–Crippen MR) is 27.7 cm³/mol. The van der Waals surface area contributed by atoms with Crippen molar-refractivity contribution in [2.24, 2.45) is 16.0 Å². The Labute approximate surface area is 42.1 Å². The van der Waals surface area contributed by atoms with Gasteiger partial charge in [-0.25, -0.2) is 0 Å². The van der Waals surface area contributed by atoms with Gasteiger partial charge in [0, 0.05) is 6.54 Å². The van der Waals surface area contributed by atoms with Crippen LogP contribution in [0.25, 0.3) is 0 Å². The molecule has 40 valence electrons. The Morgan fingerprint density at radius 1 is 1.86 bits per heavy atom. The molecule has 0 rings (SSSR count). The molecular weight excluding hydrogens is 92.1 g/mol. The van der Waals surface area contributed by atoms with E-state index in [0.717, 1.165) is 6.54 Å². The lowest BCUT2D eigenvalue weighted by Gasteiger charge is -1.81. The maximum absolute atomic E-state index is 4.65. The van der Waals surface area contributed by atoms with Crippen molar-refractivity contribution >= 4 is 6.01 Å². The van der Waals surface area contributed by atoms with Gasteiger partial charge in [0.15, 0.2) is 0 Å². The number of hydrazone groups is 2. The number of hydrogen-bond donors (Lipinski definition) is 2. The maximum Gasteiger partial charge on any atom is 0.138 e. The van der Waals surface area contributed by atoms with Gasteiger partial charge in [-0.3, -0.25) is 0 Å². The summed E-state index contributed by atoms with van der Waals surface area (Å²) in [5.41, 5.74) is 2.59. The molecule has 0 saturated heterocycles. The first-order valence-corrected chi connectivity index (χ1v) is 1.99. The summed E-state index contributed by atoms with van der Waals surface area (Å²) in [6.45, 7) is 2.68. The van der Waals surface area contributed by atoms with Gasteiger partial charge in [0.2, 0.25) is 0 Å². The van der Waals surface area contributed by atoms with E-state index in [1.54, 1.807) is 0 Å². The molecule has 3 N–H and O–H groups in total. The van der Waals surface area contributed by atoms with Crippen molar-refractivity contribution in [3.63, 3.8) is 0 Å². The highest BCUT2D eigenvalue weighted by Gasteiger charge is 1.59. The first-order valence-electron chi connectivity index (χ1n) is 1.99. The Bertz CT molecular complexity index is 80.9. The van der Waals surface area contributed by atoms with Crippen LogP contribution in [-0.4, -0.2) is 12.6 Å². The molecule has 4 heteroatoms. The molecule has 0 aromatic carbocycles. The molecule has 0 aliphatic heterocycles. The van der Waals surface area contributed by atoms with Crippen LogP contribution in [0.4, 0.5) is 0 Å². The Kier molecular flexibility index (Phi) is 4.25. The van der Waals surface area contributed by atoms with E-state index < -0.39 is 0 Å². The minimum Gasteiger partial charge on any atom is -0.314 e. The van der Waals surface area contributed by atoms with Crippen LogP contribution in [0.3, 0.4) is 0 Å². The predicted octanol–water partition coefficient (Wildman–Crippen LogP) is -0.442. The molecule has 0 bridgehead atoms. The van der Waals surface area contributed by atoms with Crippen molar-refractivity contribution in [2.45, 2.75) is 6.92 Å². The summed E-state index contributed by atoms with van der Waals surface area (Å²) in [5, 5.41) is 6.41. The Morgan fingerprint density at radius 2 is 2.57 bits per heavy atom. The van der Waals surface area contributed by atoms with Crippen LogP contribution in [0.15, 0.2) is 10.2 Å². The van der Waals surface area contributed by atoms with E-state index in [2.05, 4.69) is 27.5 Å². The fourth-order valence-electron chi connectivity index (χ4n) is 0.143. The van der Waals surface area contributed by atoms with Crippen molar-refractivity contribution in [1.29, 1.82) is 0 Å². The molecule has 0 atom stereocenters. The van der Waals surface area contributed by atoms with E-state index in [1.165, 1.54) is 0 Å². The van der Waals surface area contributed by atoms with Crippen LogP contribution >= 0.6 is 0 Å². The van der Waals surface area contributed by atoms with Crippen molar-refractivity contribution < 1.29 is 0 Å². The second-order valence-electron chi connectivity index (χ2n) is 0.853. The van der Waals surface area contributed by atoms with Crippen LogP contribution in [-0.2, 0) is 0 Å². The highest BCUT2D eigenvalue weighted by molar-refractivity contribution is 5.39. The Morgan fingerprint density at radius 3 is 3.00 bits per heavy atom. The minimum absolute atomic E-state index is 0.766. The molecule has 7 heavy (non-hydrogen) atoms. The number of rotatable bonds is 2. The zero-order chi connectivity index (χ0) is 5.54. The molecule has 0 spiro atoms. The zero-order valence-electron chi connectivity index (χ0n) is 4.18. The second-order valence-corrected chi connectivity index (χ2v) is 0.853. The largest absolute Gasteiger partial charge is 0.314 e. The molecule has 0 aliphatic carbocycles. The summed E-state index contributed by atoms with van der Waals surface area (Å²) in [4.78, 5) is 0. The number of hydrogen-bond acceptors (Lipinski definition) is 4. The van der Waals surface area contributed by atoms with Gasteiger partial charge in [-0.2, -0.15) is 0 Å². The third-order valence-corrected chi connectivity index (χ3v) is 0.345. The third kappa shape index (κ3) is 4.98. The molecule has 0 saturated carbocycles. The first kappa shape index (κ1) is 5.98. The normalized spacial score (nSPS) is 6.43. The molecule has 0 unspecified atom stereocenters. The Balaban J connectivity index is 3.10. The summed E-state index contributed by atoms with van der Waals surface area (Å²) in [5.74, 6) is 4.65. The van der Waals surface area contributed by atoms with Crippen molar-refractivity contribution in [3.8, 4) is 0 Å². The summed E-state index contributed by atoms with van der Waals surface area (Å²) < 4.78 is 0. The van der Waals surface area contributed by atoms with Crippen LogP contribution in [0, 0.1) is 0 Å². The van der Waals surface area contributed by atoms with Crippen molar-refractivity contribution in [1.82, 2.24) is 5.43 Å². The Hall–Kier alpha value is -1.02. The van der Waals surface area contributed by atoms with Gasteiger partial charge in [-0.05, 0) is 6.92 Å². The second kappa shape index (κ2) is 4.98. The average Bonchev–Trinajstić information content (AvgIpc) is 1.69. The fourth-order valence-corrected chi connectivity index (χ4v) is 0.143. The van der Waals surface area contributed by atoms with Crippen molar-refractivity contribution in [2.75, 3.05) is 6.54 Å². The monoisotopic (exact) mass is 100 g/mol. The van der Waals surface area contributed by atoms with E-state index in [0.29, 0.717) is 0 Å². The van der Waals surface area contributed by atoms with E-state index in [4.69, 9.17) is 0 Å². The molecule has 0 fully saturated rings. The minimum atomic E-state index is 0.766. The van der Waals surface area contributed by atoms with Gasteiger partial charge in [0.1, 0.15) is 6.01 Å². The van der Waals surface area contributed by atoms with Gasteiger partial charge in [-0.15, -0.1) is 10.2 Å². The average molecular weight is 100 g/mol. The SMILES string of the molecule is CCNN=C=NN. The molecule has 4 nitrogen and oxygen atoms in total. The lowest BCUT2D eigenvalue weighted by molar-refractivity contribution is 0.787. The molecule has 0 heterocycles.